The van der Waals surface area contributed by atoms with E-state index in [9.17, 15) is 14.7 Å². The van der Waals surface area contributed by atoms with E-state index in [2.05, 4.69) is 34.9 Å². The molecule has 2 heterocycles. The number of Topliss-reactive ketones (excluding diaryl/α,β-unsaturated/α-hetero) is 1. The van der Waals surface area contributed by atoms with E-state index in [1.54, 1.807) is 6.07 Å². The van der Waals surface area contributed by atoms with Crippen molar-refractivity contribution in [1.82, 2.24) is 9.47 Å². The minimum absolute atomic E-state index is 0.0436. The highest BCUT2D eigenvalue weighted by Crippen LogP contribution is 2.54. The Hall–Kier alpha value is -2.92. The third-order valence-electron chi connectivity index (χ3n) is 9.03. The molecule has 0 amide bonds. The zero-order valence-corrected chi connectivity index (χ0v) is 21.4. The second kappa shape index (κ2) is 9.19. The van der Waals surface area contributed by atoms with Crippen molar-refractivity contribution in [1.29, 1.82) is 0 Å². The van der Waals surface area contributed by atoms with E-state index in [0.29, 0.717) is 29.7 Å². The maximum atomic E-state index is 13.4. The molecule has 188 valence electrons. The van der Waals surface area contributed by atoms with Gasteiger partial charge in [0.25, 0.3) is 0 Å². The van der Waals surface area contributed by atoms with Crippen molar-refractivity contribution in [2.75, 3.05) is 20.6 Å². The van der Waals surface area contributed by atoms with Gasteiger partial charge in [-0.2, -0.15) is 0 Å². The molecule has 0 spiro atoms. The van der Waals surface area contributed by atoms with E-state index >= 15 is 0 Å². The Bertz CT molecular complexity index is 1330. The monoisotopic (exact) mass is 484 g/mol. The van der Waals surface area contributed by atoms with Gasteiger partial charge in [-0.15, -0.1) is 0 Å². The summed E-state index contributed by atoms with van der Waals surface area (Å²) in [5.74, 6) is 0.581. The zero-order valence-electron chi connectivity index (χ0n) is 21.4. The molecular formula is C31H36N2O3. The third-order valence-corrected chi connectivity index (χ3v) is 9.03. The smallest absolute Gasteiger partial charge is 0.335 e. The van der Waals surface area contributed by atoms with E-state index in [0.717, 1.165) is 24.9 Å². The summed E-state index contributed by atoms with van der Waals surface area (Å²) in [4.78, 5) is 27.3. The summed E-state index contributed by atoms with van der Waals surface area (Å²) in [6.45, 7) is 1.33. The fourth-order valence-corrected chi connectivity index (χ4v) is 7.58. The van der Waals surface area contributed by atoms with Crippen molar-refractivity contribution < 1.29 is 14.7 Å². The van der Waals surface area contributed by atoms with Crippen LogP contribution in [0, 0.1) is 11.8 Å². The summed E-state index contributed by atoms with van der Waals surface area (Å²) in [7, 11) is 3.94. The fourth-order valence-electron chi connectivity index (χ4n) is 7.58. The standard InChI is InChI=1S/C31H36N2O3/c1-32(2)18-27(34)25-15-13-21-17-33-26-16-20(31(35)36)12-14-24(26)29(19-8-4-3-5-9-19)30(33)23-11-7-6-10-22(23)28(21)25/h6-7,10-12,14,16,19,21,25,28H,3-5,8-9,13,15,17-18H2,1-2H3,(H,35,36)/t21-,25?,28+/m0/s1. The van der Waals surface area contributed by atoms with Gasteiger partial charge in [0.2, 0.25) is 0 Å². The van der Waals surface area contributed by atoms with Crippen molar-refractivity contribution in [2.24, 2.45) is 11.8 Å². The molecule has 3 aliphatic rings. The van der Waals surface area contributed by atoms with Crippen molar-refractivity contribution in [3.63, 3.8) is 0 Å². The summed E-state index contributed by atoms with van der Waals surface area (Å²) in [5.41, 5.74) is 6.65. The number of carbonyl (C=O) groups is 2. The van der Waals surface area contributed by atoms with Crippen LogP contribution in [0.25, 0.3) is 22.2 Å². The number of likely N-dealkylation sites (N-methyl/N-ethyl adjacent to an activating group) is 1. The van der Waals surface area contributed by atoms with E-state index < -0.39 is 5.97 Å². The highest BCUT2D eigenvalue weighted by Gasteiger charge is 2.44. The van der Waals surface area contributed by atoms with Gasteiger partial charge in [0.05, 0.1) is 17.8 Å². The van der Waals surface area contributed by atoms with E-state index in [4.69, 9.17) is 0 Å². The molecule has 3 aromatic rings. The lowest BCUT2D eigenvalue weighted by Gasteiger charge is -2.26. The first kappa shape index (κ1) is 23.5. The van der Waals surface area contributed by atoms with Gasteiger partial charge in [-0.05, 0) is 80.8 Å². The topological polar surface area (TPSA) is 62.5 Å². The zero-order chi connectivity index (χ0) is 25.0. The summed E-state index contributed by atoms with van der Waals surface area (Å²) in [6.07, 6.45) is 8.12. The molecule has 1 N–H and O–H groups in total. The van der Waals surface area contributed by atoms with Crippen molar-refractivity contribution in [3.05, 3.63) is 59.2 Å². The minimum Gasteiger partial charge on any atom is -0.478 e. The molecule has 2 saturated carbocycles. The van der Waals surface area contributed by atoms with Crippen LogP contribution in [0.3, 0.4) is 0 Å². The Morgan fingerprint density at radius 2 is 1.78 bits per heavy atom. The molecule has 2 aromatic carbocycles. The number of carbonyl (C=O) groups excluding carboxylic acids is 1. The van der Waals surface area contributed by atoms with Crippen LogP contribution in [0.1, 0.15) is 78.3 Å². The van der Waals surface area contributed by atoms with Crippen LogP contribution in [0.15, 0.2) is 42.5 Å². The number of hydrogen-bond donors (Lipinski definition) is 1. The first-order chi connectivity index (χ1) is 17.4. The predicted molar refractivity (Wildman–Crippen MR) is 143 cm³/mol. The normalized spacial score (nSPS) is 23.8. The molecule has 0 radical (unpaired) electrons. The summed E-state index contributed by atoms with van der Waals surface area (Å²) in [5, 5.41) is 11.0. The molecule has 6 rings (SSSR count). The van der Waals surface area contributed by atoms with Crippen LogP contribution < -0.4 is 0 Å². The second-order valence-corrected chi connectivity index (χ2v) is 11.5. The van der Waals surface area contributed by atoms with Gasteiger partial charge in [0.1, 0.15) is 0 Å². The summed E-state index contributed by atoms with van der Waals surface area (Å²) >= 11 is 0. The molecular weight excluding hydrogens is 448 g/mol. The first-order valence-corrected chi connectivity index (χ1v) is 13.6. The maximum Gasteiger partial charge on any atom is 0.335 e. The van der Waals surface area contributed by atoms with Crippen molar-refractivity contribution in [2.45, 2.75) is 63.3 Å². The molecule has 1 aromatic heterocycles. The molecule has 1 aliphatic heterocycles. The van der Waals surface area contributed by atoms with E-state index in [-0.39, 0.29) is 11.8 Å². The van der Waals surface area contributed by atoms with Gasteiger partial charge in [0, 0.05) is 28.9 Å². The average Bonchev–Trinajstić information content (AvgIpc) is 3.39. The van der Waals surface area contributed by atoms with Gasteiger partial charge in [-0.25, -0.2) is 4.79 Å². The molecule has 2 aliphatic carbocycles. The number of carboxylic acids is 1. The first-order valence-electron chi connectivity index (χ1n) is 13.6. The van der Waals surface area contributed by atoms with Gasteiger partial charge in [-0.1, -0.05) is 49.6 Å². The van der Waals surface area contributed by atoms with Gasteiger partial charge in [0.15, 0.2) is 5.78 Å². The molecule has 5 nitrogen and oxygen atoms in total. The number of fused-ring (bicyclic) bond motifs is 7. The number of rotatable bonds is 5. The average molecular weight is 485 g/mol. The highest BCUT2D eigenvalue weighted by molar-refractivity contribution is 5.98. The van der Waals surface area contributed by atoms with E-state index in [1.165, 1.54) is 59.9 Å². The molecule has 2 fully saturated rings. The number of aromatic carboxylic acids is 1. The summed E-state index contributed by atoms with van der Waals surface area (Å²) in [6, 6.07) is 14.5. The van der Waals surface area contributed by atoms with Gasteiger partial charge in [-0.3, -0.25) is 4.79 Å². The van der Waals surface area contributed by atoms with Crippen LogP contribution in [0.2, 0.25) is 0 Å². The lowest BCUT2D eigenvalue weighted by atomic mass is 9.77. The predicted octanol–water partition coefficient (Wildman–Crippen LogP) is 6.31. The van der Waals surface area contributed by atoms with E-state index in [1.807, 2.05) is 25.1 Å². The van der Waals surface area contributed by atoms with Crippen molar-refractivity contribution in [3.8, 4) is 11.3 Å². The van der Waals surface area contributed by atoms with Crippen LogP contribution in [0.4, 0.5) is 0 Å². The summed E-state index contributed by atoms with van der Waals surface area (Å²) < 4.78 is 2.44. The fraction of sp³-hybridized carbons (Fsp3) is 0.484. The second-order valence-electron chi connectivity index (χ2n) is 11.5. The lowest BCUT2D eigenvalue weighted by molar-refractivity contribution is -0.123. The number of ketones is 1. The van der Waals surface area contributed by atoms with Crippen LogP contribution >= 0.6 is 0 Å². The maximum absolute atomic E-state index is 13.4. The number of hydrogen-bond acceptors (Lipinski definition) is 3. The van der Waals surface area contributed by atoms with Gasteiger partial charge >= 0.3 is 5.97 Å². The quantitative estimate of drug-likeness (QED) is 0.461. The minimum atomic E-state index is -0.881. The molecule has 1 unspecified atom stereocenters. The van der Waals surface area contributed by atoms with Crippen LogP contribution in [-0.4, -0.2) is 47.0 Å². The molecule has 36 heavy (non-hydrogen) atoms. The number of nitrogens with zero attached hydrogens (tertiary/aromatic N) is 2. The highest BCUT2D eigenvalue weighted by atomic mass is 16.4. The molecule has 5 heteroatoms. The van der Waals surface area contributed by atoms with Crippen molar-refractivity contribution >= 4 is 22.7 Å². The van der Waals surface area contributed by atoms with Crippen LogP contribution in [0.5, 0.6) is 0 Å². The van der Waals surface area contributed by atoms with Crippen LogP contribution in [-0.2, 0) is 11.3 Å². The Morgan fingerprint density at radius 1 is 1.00 bits per heavy atom. The SMILES string of the molecule is CN(C)CC(=O)C1CC[C@H]2Cn3c(c(C4CCCCC4)c4ccc(C(=O)O)cc43)-c3ccccc3[C@H]12. The largest absolute Gasteiger partial charge is 0.478 e. The number of benzene rings is 2. The molecule has 3 atom stereocenters. The Kier molecular flexibility index (Phi) is 5.99. The number of aromatic nitrogens is 1. The Balaban J connectivity index is 1.58. The number of carboxylic acid groups (broad SMARTS) is 1. The lowest BCUT2D eigenvalue weighted by Crippen LogP contribution is -2.30. The van der Waals surface area contributed by atoms with Gasteiger partial charge < -0.3 is 14.6 Å². The Morgan fingerprint density at radius 3 is 2.53 bits per heavy atom. The Labute approximate surface area is 213 Å². The third kappa shape index (κ3) is 3.80. The molecule has 0 saturated heterocycles. The molecule has 0 bridgehead atoms.